The summed E-state index contributed by atoms with van der Waals surface area (Å²) in [5.74, 6) is 0.735. The third kappa shape index (κ3) is 4.36. The number of hydrogen-bond donors (Lipinski definition) is 2. The summed E-state index contributed by atoms with van der Waals surface area (Å²) in [6.45, 7) is 6.18. The van der Waals surface area contributed by atoms with E-state index < -0.39 is 15.6 Å². The number of rotatable bonds is 6. The number of sulfonamides is 1. The van der Waals surface area contributed by atoms with Crippen LogP contribution >= 0.6 is 11.3 Å². The fraction of sp³-hybridized carbons (Fsp3) is 0.538. The number of aromatic nitrogens is 2. The molecule has 0 aliphatic heterocycles. The molecule has 0 radical (unpaired) electrons. The molecule has 0 aliphatic rings. The summed E-state index contributed by atoms with van der Waals surface area (Å²) < 4.78 is 25.3. The van der Waals surface area contributed by atoms with Crippen LogP contribution in [0.2, 0.25) is 0 Å². The highest BCUT2D eigenvalue weighted by atomic mass is 32.2. The molecule has 2 heterocycles. The van der Waals surface area contributed by atoms with Crippen LogP contribution < -0.4 is 10.0 Å². The van der Waals surface area contributed by atoms with Crippen molar-refractivity contribution in [1.82, 2.24) is 14.7 Å². The van der Waals surface area contributed by atoms with E-state index in [0.717, 1.165) is 28.7 Å². The van der Waals surface area contributed by atoms with Crippen molar-refractivity contribution in [3.8, 4) is 0 Å². The zero-order chi connectivity index (χ0) is 15.7. The minimum atomic E-state index is -3.25. The Balaban J connectivity index is 2.18. The standard InChI is InChI=1S/C13H20N4O2S2/c1-5-9-6-10-11(15-8-16-12(10)20-9)14-7-13(2,3)17-21(4,18)19/h6,8,17H,5,7H2,1-4H3,(H,14,15,16). The fourth-order valence-corrected chi connectivity index (χ4v) is 4.07. The van der Waals surface area contributed by atoms with Gasteiger partial charge >= 0.3 is 0 Å². The first-order valence-electron chi connectivity index (χ1n) is 6.66. The average molecular weight is 328 g/mol. The largest absolute Gasteiger partial charge is 0.368 e. The number of hydrogen-bond acceptors (Lipinski definition) is 6. The van der Waals surface area contributed by atoms with E-state index in [1.165, 1.54) is 11.2 Å². The molecule has 2 aromatic heterocycles. The van der Waals surface area contributed by atoms with Gasteiger partial charge in [0, 0.05) is 17.0 Å². The minimum Gasteiger partial charge on any atom is -0.368 e. The van der Waals surface area contributed by atoms with Crippen molar-refractivity contribution in [2.75, 3.05) is 18.1 Å². The van der Waals surface area contributed by atoms with E-state index in [4.69, 9.17) is 0 Å². The van der Waals surface area contributed by atoms with E-state index in [1.54, 1.807) is 11.3 Å². The number of fused-ring (bicyclic) bond motifs is 1. The van der Waals surface area contributed by atoms with Gasteiger partial charge in [0.05, 0.1) is 11.6 Å². The molecule has 2 rings (SSSR count). The summed E-state index contributed by atoms with van der Waals surface area (Å²) in [5.41, 5.74) is -0.603. The van der Waals surface area contributed by atoms with Gasteiger partial charge in [0.2, 0.25) is 10.0 Å². The Morgan fingerprint density at radius 3 is 2.67 bits per heavy atom. The van der Waals surface area contributed by atoms with Crippen molar-refractivity contribution < 1.29 is 8.42 Å². The van der Waals surface area contributed by atoms with Gasteiger partial charge in [-0.2, -0.15) is 0 Å². The molecule has 21 heavy (non-hydrogen) atoms. The van der Waals surface area contributed by atoms with Gasteiger partial charge in [0.25, 0.3) is 0 Å². The van der Waals surface area contributed by atoms with Gasteiger partial charge in [-0.3, -0.25) is 0 Å². The molecule has 0 unspecified atom stereocenters. The lowest BCUT2D eigenvalue weighted by atomic mass is 10.1. The number of nitrogens with one attached hydrogen (secondary N) is 2. The first-order valence-corrected chi connectivity index (χ1v) is 9.37. The molecule has 0 saturated carbocycles. The Kier molecular flexibility index (Phi) is 4.50. The molecular weight excluding hydrogens is 308 g/mol. The van der Waals surface area contributed by atoms with Crippen molar-refractivity contribution in [2.24, 2.45) is 0 Å². The lowest BCUT2D eigenvalue weighted by Gasteiger charge is -2.25. The molecule has 0 aliphatic carbocycles. The van der Waals surface area contributed by atoms with Gasteiger partial charge in [-0.15, -0.1) is 11.3 Å². The van der Waals surface area contributed by atoms with E-state index in [1.807, 2.05) is 13.8 Å². The van der Waals surface area contributed by atoms with Gasteiger partial charge in [0.1, 0.15) is 17.0 Å². The van der Waals surface area contributed by atoms with Crippen LogP contribution in [-0.4, -0.2) is 36.7 Å². The van der Waals surface area contributed by atoms with Crippen molar-refractivity contribution in [2.45, 2.75) is 32.7 Å². The maximum absolute atomic E-state index is 11.3. The minimum absolute atomic E-state index is 0.434. The molecule has 0 aromatic carbocycles. The lowest BCUT2D eigenvalue weighted by molar-refractivity contribution is 0.476. The zero-order valence-electron chi connectivity index (χ0n) is 12.6. The highest BCUT2D eigenvalue weighted by molar-refractivity contribution is 7.88. The summed E-state index contributed by atoms with van der Waals surface area (Å²) in [5, 5.41) is 4.20. The second-order valence-electron chi connectivity index (χ2n) is 5.62. The quantitative estimate of drug-likeness (QED) is 0.847. The van der Waals surface area contributed by atoms with Crippen LogP contribution in [0.15, 0.2) is 12.4 Å². The van der Waals surface area contributed by atoms with Gasteiger partial charge in [-0.25, -0.2) is 23.1 Å². The van der Waals surface area contributed by atoms with Gasteiger partial charge in [-0.05, 0) is 26.3 Å². The third-order valence-electron chi connectivity index (χ3n) is 2.89. The summed E-state index contributed by atoms with van der Waals surface area (Å²) in [7, 11) is -3.25. The van der Waals surface area contributed by atoms with Gasteiger partial charge < -0.3 is 5.32 Å². The van der Waals surface area contributed by atoms with E-state index >= 15 is 0 Å². The van der Waals surface area contributed by atoms with E-state index in [2.05, 4.69) is 33.0 Å². The molecular formula is C13H20N4O2S2. The monoisotopic (exact) mass is 328 g/mol. The van der Waals surface area contributed by atoms with Gasteiger partial charge in [-0.1, -0.05) is 6.92 Å². The number of anilines is 1. The number of aryl methyl sites for hydroxylation is 1. The van der Waals surface area contributed by atoms with Gasteiger partial charge in [0.15, 0.2) is 0 Å². The normalized spacial score (nSPS) is 12.8. The Labute approximate surface area is 129 Å². The number of nitrogens with zero attached hydrogens (tertiary/aromatic N) is 2. The molecule has 2 N–H and O–H groups in total. The summed E-state index contributed by atoms with van der Waals surface area (Å²) in [6, 6.07) is 2.08. The van der Waals surface area contributed by atoms with E-state index in [9.17, 15) is 8.42 Å². The Morgan fingerprint density at radius 1 is 1.33 bits per heavy atom. The van der Waals surface area contributed by atoms with Crippen LogP contribution in [0.3, 0.4) is 0 Å². The second-order valence-corrected chi connectivity index (χ2v) is 8.48. The van der Waals surface area contributed by atoms with Crippen LogP contribution in [0, 0.1) is 0 Å². The first-order chi connectivity index (χ1) is 9.70. The van der Waals surface area contributed by atoms with Crippen LogP contribution in [0.1, 0.15) is 25.6 Å². The topological polar surface area (TPSA) is 84.0 Å². The second kappa shape index (κ2) is 5.86. The van der Waals surface area contributed by atoms with Crippen molar-refractivity contribution in [3.05, 3.63) is 17.3 Å². The molecule has 0 atom stereocenters. The van der Waals surface area contributed by atoms with Crippen molar-refractivity contribution >= 4 is 37.4 Å². The predicted molar refractivity (Wildman–Crippen MR) is 87.3 cm³/mol. The molecule has 6 nitrogen and oxygen atoms in total. The predicted octanol–water partition coefficient (Wildman–Crippen LogP) is 1.99. The first kappa shape index (κ1) is 16.1. The molecule has 8 heteroatoms. The molecule has 116 valence electrons. The number of thiophene rings is 1. The maximum Gasteiger partial charge on any atom is 0.209 e. The van der Waals surface area contributed by atoms with Crippen LogP contribution in [0.5, 0.6) is 0 Å². The van der Waals surface area contributed by atoms with Crippen LogP contribution in [0.25, 0.3) is 10.2 Å². The molecule has 0 amide bonds. The average Bonchev–Trinajstić information content (AvgIpc) is 2.76. The van der Waals surface area contributed by atoms with Crippen molar-refractivity contribution in [3.63, 3.8) is 0 Å². The smallest absolute Gasteiger partial charge is 0.209 e. The third-order valence-corrected chi connectivity index (χ3v) is 5.00. The molecule has 0 spiro atoms. The highest BCUT2D eigenvalue weighted by Gasteiger charge is 2.22. The SMILES string of the molecule is CCc1cc2c(NCC(C)(C)NS(C)(=O)=O)ncnc2s1. The molecule has 2 aromatic rings. The Bertz CT molecular complexity index is 738. The zero-order valence-corrected chi connectivity index (χ0v) is 14.2. The van der Waals surface area contributed by atoms with E-state index in [-0.39, 0.29) is 0 Å². The fourth-order valence-electron chi connectivity index (χ4n) is 2.06. The Morgan fingerprint density at radius 2 is 2.05 bits per heavy atom. The summed E-state index contributed by atoms with van der Waals surface area (Å²) in [4.78, 5) is 10.7. The molecule has 0 fully saturated rings. The van der Waals surface area contributed by atoms with Crippen molar-refractivity contribution in [1.29, 1.82) is 0 Å². The van der Waals surface area contributed by atoms with Crippen LogP contribution in [-0.2, 0) is 16.4 Å². The maximum atomic E-state index is 11.3. The Hall–Kier alpha value is -1.25. The lowest BCUT2D eigenvalue weighted by Crippen LogP contribution is -2.47. The highest BCUT2D eigenvalue weighted by Crippen LogP contribution is 2.28. The summed E-state index contributed by atoms with van der Waals surface area (Å²) in [6.07, 6.45) is 3.64. The molecule has 0 bridgehead atoms. The molecule has 0 saturated heterocycles. The van der Waals surface area contributed by atoms with E-state index in [0.29, 0.717) is 6.54 Å². The summed E-state index contributed by atoms with van der Waals surface area (Å²) >= 11 is 1.65. The van der Waals surface area contributed by atoms with Crippen LogP contribution in [0.4, 0.5) is 5.82 Å².